The molecule has 2 atom stereocenters. The zero-order valence-electron chi connectivity index (χ0n) is 16.5. The molecule has 27 heavy (non-hydrogen) atoms. The van der Waals surface area contributed by atoms with Gasteiger partial charge in [-0.3, -0.25) is 9.80 Å². The van der Waals surface area contributed by atoms with E-state index >= 15 is 0 Å². The highest BCUT2D eigenvalue weighted by atomic mass is 16.5. The first-order valence-electron chi connectivity index (χ1n) is 10.2. The number of aliphatic hydroxyl groups excluding tert-OH is 1. The highest BCUT2D eigenvalue weighted by Crippen LogP contribution is 2.28. The predicted octanol–water partition coefficient (Wildman–Crippen LogP) is 1.99. The molecule has 0 aliphatic carbocycles. The lowest BCUT2D eigenvalue weighted by Gasteiger charge is -2.30. The minimum atomic E-state index is 0.270. The number of hydrogen-bond donors (Lipinski definition) is 1. The molecule has 2 aliphatic heterocycles. The van der Waals surface area contributed by atoms with Crippen LogP contribution in [0.5, 0.6) is 0 Å². The van der Waals surface area contributed by atoms with Crippen molar-refractivity contribution in [1.82, 2.24) is 19.4 Å². The van der Waals surface area contributed by atoms with Crippen LogP contribution in [0.4, 0.5) is 0 Å². The van der Waals surface area contributed by atoms with E-state index in [4.69, 9.17) is 9.72 Å². The fraction of sp³-hybridized carbons (Fsp3) is 0.667. The Balaban J connectivity index is 1.48. The molecular formula is C21H32N4O2. The Hall–Kier alpha value is -1.47. The third-order valence-electron chi connectivity index (χ3n) is 6.03. The van der Waals surface area contributed by atoms with Crippen LogP contribution in [0.2, 0.25) is 0 Å². The standard InChI is InChI=1S/C21H32N4O2/c1-16(2)25-20-6-4-3-5-19(20)22-21(25)14-24-12-17(18(13-24)15-26)11-23-7-9-27-10-8-23/h3-6,16-18,26H,7-15H2,1-2H3/t17-,18-/m1/s1. The molecule has 0 bridgehead atoms. The van der Waals surface area contributed by atoms with Crippen molar-refractivity contribution < 1.29 is 9.84 Å². The lowest BCUT2D eigenvalue weighted by molar-refractivity contribution is 0.0264. The molecule has 148 valence electrons. The zero-order chi connectivity index (χ0) is 18.8. The van der Waals surface area contributed by atoms with Crippen molar-refractivity contribution in [3.8, 4) is 0 Å². The minimum Gasteiger partial charge on any atom is -0.396 e. The van der Waals surface area contributed by atoms with Gasteiger partial charge in [-0.25, -0.2) is 4.98 Å². The summed E-state index contributed by atoms with van der Waals surface area (Å²) in [6.07, 6.45) is 0. The van der Waals surface area contributed by atoms with Crippen LogP contribution in [0, 0.1) is 11.8 Å². The number of morpholine rings is 1. The highest BCUT2D eigenvalue weighted by Gasteiger charge is 2.34. The van der Waals surface area contributed by atoms with Gasteiger partial charge in [0.1, 0.15) is 5.82 Å². The largest absolute Gasteiger partial charge is 0.396 e. The second-order valence-corrected chi connectivity index (χ2v) is 8.29. The number of likely N-dealkylation sites (tertiary alicyclic amines) is 1. The molecule has 2 aromatic rings. The van der Waals surface area contributed by atoms with Crippen LogP contribution in [0.1, 0.15) is 25.7 Å². The van der Waals surface area contributed by atoms with E-state index in [-0.39, 0.29) is 6.61 Å². The van der Waals surface area contributed by atoms with E-state index in [0.717, 1.165) is 63.8 Å². The lowest BCUT2D eigenvalue weighted by atomic mass is 9.96. The molecule has 0 radical (unpaired) electrons. The second-order valence-electron chi connectivity index (χ2n) is 8.29. The van der Waals surface area contributed by atoms with Crippen LogP contribution in [0.15, 0.2) is 24.3 Å². The van der Waals surface area contributed by atoms with E-state index in [1.165, 1.54) is 5.52 Å². The van der Waals surface area contributed by atoms with E-state index in [1.54, 1.807) is 0 Å². The number of aromatic nitrogens is 2. The molecule has 2 fully saturated rings. The topological polar surface area (TPSA) is 53.8 Å². The van der Waals surface area contributed by atoms with Crippen molar-refractivity contribution in [2.75, 3.05) is 52.5 Å². The van der Waals surface area contributed by atoms with Gasteiger partial charge in [-0.1, -0.05) is 12.1 Å². The summed E-state index contributed by atoms with van der Waals surface area (Å²) in [6, 6.07) is 8.78. The molecule has 2 aliphatic rings. The first-order valence-corrected chi connectivity index (χ1v) is 10.2. The summed E-state index contributed by atoms with van der Waals surface area (Å²) in [5.41, 5.74) is 2.29. The fourth-order valence-electron chi connectivity index (χ4n) is 4.68. The van der Waals surface area contributed by atoms with Gasteiger partial charge in [0, 0.05) is 45.4 Å². The van der Waals surface area contributed by atoms with Gasteiger partial charge in [-0.2, -0.15) is 0 Å². The van der Waals surface area contributed by atoms with Gasteiger partial charge >= 0.3 is 0 Å². The monoisotopic (exact) mass is 372 g/mol. The van der Waals surface area contributed by atoms with Gasteiger partial charge in [0.2, 0.25) is 0 Å². The third-order valence-corrected chi connectivity index (χ3v) is 6.03. The van der Waals surface area contributed by atoms with Crippen molar-refractivity contribution in [3.63, 3.8) is 0 Å². The predicted molar refractivity (Wildman–Crippen MR) is 107 cm³/mol. The molecule has 6 nitrogen and oxygen atoms in total. The summed E-state index contributed by atoms with van der Waals surface area (Å²) in [7, 11) is 0. The summed E-state index contributed by atoms with van der Waals surface area (Å²) in [5, 5.41) is 9.92. The van der Waals surface area contributed by atoms with Gasteiger partial charge in [0.05, 0.1) is 30.8 Å². The van der Waals surface area contributed by atoms with Crippen molar-refractivity contribution in [2.45, 2.75) is 26.4 Å². The van der Waals surface area contributed by atoms with Crippen molar-refractivity contribution in [2.24, 2.45) is 11.8 Å². The van der Waals surface area contributed by atoms with Crippen LogP contribution in [-0.4, -0.2) is 77.0 Å². The SMILES string of the molecule is CC(C)n1c(CN2C[C@@H](CN3CCOCC3)[C@@H](CO)C2)nc2ccccc21. The Morgan fingerprint density at radius 1 is 1.11 bits per heavy atom. The van der Waals surface area contributed by atoms with Crippen LogP contribution in [0.3, 0.4) is 0 Å². The number of fused-ring (bicyclic) bond motifs is 1. The average Bonchev–Trinajstić information content (AvgIpc) is 3.23. The van der Waals surface area contributed by atoms with E-state index < -0.39 is 0 Å². The van der Waals surface area contributed by atoms with Crippen molar-refractivity contribution in [1.29, 1.82) is 0 Å². The fourth-order valence-corrected chi connectivity index (χ4v) is 4.68. The van der Waals surface area contributed by atoms with Crippen LogP contribution >= 0.6 is 0 Å². The molecule has 1 N–H and O–H groups in total. The number of benzene rings is 1. The summed E-state index contributed by atoms with van der Waals surface area (Å²) in [4.78, 5) is 9.89. The van der Waals surface area contributed by atoms with E-state index in [1.807, 2.05) is 0 Å². The molecule has 0 saturated carbocycles. The quantitative estimate of drug-likeness (QED) is 0.840. The number of rotatable bonds is 6. The summed E-state index contributed by atoms with van der Waals surface area (Å²) in [6.45, 7) is 12.3. The van der Waals surface area contributed by atoms with Gasteiger partial charge in [0.25, 0.3) is 0 Å². The van der Waals surface area contributed by atoms with E-state index in [9.17, 15) is 5.11 Å². The summed E-state index contributed by atoms with van der Waals surface area (Å²) >= 11 is 0. The molecular weight excluding hydrogens is 340 g/mol. The van der Waals surface area contributed by atoms with Gasteiger partial charge in [0.15, 0.2) is 0 Å². The molecule has 1 aromatic carbocycles. The minimum absolute atomic E-state index is 0.270. The maximum Gasteiger partial charge on any atom is 0.124 e. The van der Waals surface area contributed by atoms with E-state index in [0.29, 0.717) is 17.9 Å². The second kappa shape index (κ2) is 8.27. The smallest absolute Gasteiger partial charge is 0.124 e. The van der Waals surface area contributed by atoms with Crippen molar-refractivity contribution in [3.05, 3.63) is 30.1 Å². The molecule has 3 heterocycles. The number of imidazole rings is 1. The van der Waals surface area contributed by atoms with Crippen LogP contribution < -0.4 is 0 Å². The Labute approximate surface area is 161 Å². The number of ether oxygens (including phenoxy) is 1. The Bertz CT molecular complexity index is 754. The highest BCUT2D eigenvalue weighted by molar-refractivity contribution is 5.76. The molecule has 0 spiro atoms. The first-order chi connectivity index (χ1) is 13.2. The Kier molecular flexibility index (Phi) is 5.78. The van der Waals surface area contributed by atoms with Crippen LogP contribution in [-0.2, 0) is 11.3 Å². The Morgan fingerprint density at radius 3 is 2.59 bits per heavy atom. The molecule has 0 unspecified atom stereocenters. The number of aliphatic hydroxyl groups is 1. The maximum absolute atomic E-state index is 9.92. The molecule has 2 saturated heterocycles. The van der Waals surface area contributed by atoms with Gasteiger partial charge in [-0.05, 0) is 37.8 Å². The summed E-state index contributed by atoms with van der Waals surface area (Å²) < 4.78 is 7.83. The van der Waals surface area contributed by atoms with Crippen LogP contribution in [0.25, 0.3) is 11.0 Å². The van der Waals surface area contributed by atoms with Gasteiger partial charge in [-0.15, -0.1) is 0 Å². The molecule has 6 heteroatoms. The van der Waals surface area contributed by atoms with Crippen molar-refractivity contribution >= 4 is 11.0 Å². The van der Waals surface area contributed by atoms with Gasteiger partial charge < -0.3 is 14.4 Å². The molecule has 0 amide bonds. The summed E-state index contributed by atoms with van der Waals surface area (Å²) in [5.74, 6) is 2.00. The maximum atomic E-state index is 9.92. The lowest BCUT2D eigenvalue weighted by Crippen LogP contribution is -2.41. The third kappa shape index (κ3) is 4.04. The molecule has 4 rings (SSSR count). The number of para-hydroxylation sites is 2. The average molecular weight is 373 g/mol. The van der Waals surface area contributed by atoms with E-state index in [2.05, 4.69) is 52.5 Å². The first kappa shape index (κ1) is 18.9. The number of hydrogen-bond acceptors (Lipinski definition) is 5. The zero-order valence-corrected chi connectivity index (χ0v) is 16.5. The number of nitrogens with zero attached hydrogens (tertiary/aromatic N) is 4. The molecule has 1 aromatic heterocycles. The normalized spacial score (nSPS) is 25.0. The Morgan fingerprint density at radius 2 is 1.85 bits per heavy atom.